The highest BCUT2D eigenvalue weighted by Gasteiger charge is 2.42. The van der Waals surface area contributed by atoms with Crippen molar-refractivity contribution in [3.8, 4) is 11.5 Å². The minimum Gasteiger partial charge on any atom is -0.493 e. The molecule has 1 saturated carbocycles. The van der Waals surface area contributed by atoms with Gasteiger partial charge in [0.1, 0.15) is 0 Å². The van der Waals surface area contributed by atoms with Crippen molar-refractivity contribution in [3.63, 3.8) is 0 Å². The molecule has 1 aliphatic heterocycles. The van der Waals surface area contributed by atoms with Gasteiger partial charge in [0.2, 0.25) is 0 Å². The number of carbonyl (C=O) groups excluding carboxylic acids is 2. The van der Waals surface area contributed by atoms with Gasteiger partial charge in [-0.25, -0.2) is 9.59 Å². The van der Waals surface area contributed by atoms with Crippen LogP contribution in [0.1, 0.15) is 38.3 Å². The summed E-state index contributed by atoms with van der Waals surface area (Å²) in [6, 6.07) is 3.22. The predicted octanol–water partition coefficient (Wildman–Crippen LogP) is 3.36. The molecule has 9 heteroatoms. The summed E-state index contributed by atoms with van der Waals surface area (Å²) >= 11 is 0. The number of hydrogen-bond donors (Lipinski definition) is 1. The van der Waals surface area contributed by atoms with Gasteiger partial charge in [-0.2, -0.15) is 8.78 Å². The van der Waals surface area contributed by atoms with Crippen LogP contribution in [0.15, 0.2) is 29.5 Å². The lowest BCUT2D eigenvalue weighted by atomic mass is 9.94. The normalized spacial score (nSPS) is 19.6. The van der Waals surface area contributed by atoms with E-state index in [1.165, 1.54) is 19.2 Å². The third-order valence-corrected chi connectivity index (χ3v) is 4.67. The highest BCUT2D eigenvalue weighted by molar-refractivity contribution is 5.95. The van der Waals surface area contributed by atoms with Crippen molar-refractivity contribution < 1.29 is 32.6 Å². The first-order valence-corrected chi connectivity index (χ1v) is 8.97. The number of esters is 1. The minimum atomic E-state index is -3.04. The number of methoxy groups -OCH3 is 1. The van der Waals surface area contributed by atoms with Gasteiger partial charge in [-0.3, -0.25) is 4.90 Å². The zero-order chi connectivity index (χ0) is 20.4. The molecule has 1 atom stereocenters. The Balaban J connectivity index is 2.05. The lowest BCUT2D eigenvalue weighted by Crippen LogP contribution is -2.48. The van der Waals surface area contributed by atoms with Crippen molar-refractivity contribution in [1.29, 1.82) is 0 Å². The van der Waals surface area contributed by atoms with Gasteiger partial charge in [0.05, 0.1) is 25.3 Å². The van der Waals surface area contributed by atoms with E-state index in [1.807, 2.05) is 0 Å². The number of nitrogens with one attached hydrogen (secondary N) is 1. The SMILES string of the molecule is CCOC(=O)C1=C(C)N(C2CC2)C(=O)N[C@H]1c1ccc(OC)c(OC(F)F)c1. The summed E-state index contributed by atoms with van der Waals surface area (Å²) in [6.07, 6.45) is 1.72. The first kappa shape index (κ1) is 19.9. The molecule has 28 heavy (non-hydrogen) atoms. The first-order valence-electron chi connectivity index (χ1n) is 8.97. The molecular weight excluding hydrogens is 374 g/mol. The van der Waals surface area contributed by atoms with E-state index < -0.39 is 18.6 Å². The number of benzene rings is 1. The molecule has 0 radical (unpaired) electrons. The summed E-state index contributed by atoms with van der Waals surface area (Å²) in [5.41, 5.74) is 1.17. The molecule has 0 aromatic heterocycles. The quantitative estimate of drug-likeness (QED) is 0.715. The molecule has 2 amide bonds. The molecule has 0 saturated heterocycles. The average molecular weight is 396 g/mol. The van der Waals surface area contributed by atoms with E-state index in [1.54, 1.807) is 24.8 Å². The van der Waals surface area contributed by atoms with E-state index in [4.69, 9.17) is 9.47 Å². The predicted molar refractivity (Wildman–Crippen MR) is 95.1 cm³/mol. The van der Waals surface area contributed by atoms with E-state index in [-0.39, 0.29) is 35.8 Å². The monoisotopic (exact) mass is 396 g/mol. The number of halogens is 2. The maximum Gasteiger partial charge on any atom is 0.387 e. The molecule has 1 fully saturated rings. The van der Waals surface area contributed by atoms with Crippen LogP contribution in [-0.4, -0.2) is 43.3 Å². The van der Waals surface area contributed by atoms with Crippen molar-refractivity contribution in [3.05, 3.63) is 35.0 Å². The highest BCUT2D eigenvalue weighted by Crippen LogP contribution is 2.40. The summed E-state index contributed by atoms with van der Waals surface area (Å²) < 4.78 is 40.2. The lowest BCUT2D eigenvalue weighted by molar-refractivity contribution is -0.139. The smallest absolute Gasteiger partial charge is 0.387 e. The van der Waals surface area contributed by atoms with Gasteiger partial charge in [-0.05, 0) is 44.4 Å². The van der Waals surface area contributed by atoms with Gasteiger partial charge in [0.15, 0.2) is 11.5 Å². The lowest BCUT2D eigenvalue weighted by Gasteiger charge is -2.35. The topological polar surface area (TPSA) is 77.1 Å². The van der Waals surface area contributed by atoms with Crippen molar-refractivity contribution in [2.24, 2.45) is 0 Å². The number of rotatable bonds is 7. The van der Waals surface area contributed by atoms with E-state index in [0.29, 0.717) is 11.3 Å². The molecule has 7 nitrogen and oxygen atoms in total. The van der Waals surface area contributed by atoms with Crippen molar-refractivity contribution in [2.45, 2.75) is 45.4 Å². The minimum absolute atomic E-state index is 0.0546. The molecule has 2 aliphatic rings. The van der Waals surface area contributed by atoms with E-state index in [0.717, 1.165) is 12.8 Å². The van der Waals surface area contributed by atoms with Crippen LogP contribution in [0.25, 0.3) is 0 Å². The van der Waals surface area contributed by atoms with Gasteiger partial charge in [-0.15, -0.1) is 0 Å². The van der Waals surface area contributed by atoms with Crippen LogP contribution in [0.4, 0.5) is 13.6 Å². The van der Waals surface area contributed by atoms with Gasteiger partial charge in [-0.1, -0.05) is 6.07 Å². The summed E-state index contributed by atoms with van der Waals surface area (Å²) in [5, 5.41) is 2.79. The molecule has 1 N–H and O–H groups in total. The van der Waals surface area contributed by atoms with E-state index in [9.17, 15) is 18.4 Å². The summed E-state index contributed by atoms with van der Waals surface area (Å²) in [4.78, 5) is 26.8. The maximum absolute atomic E-state index is 12.7. The highest BCUT2D eigenvalue weighted by atomic mass is 19.3. The van der Waals surface area contributed by atoms with Crippen molar-refractivity contribution in [2.75, 3.05) is 13.7 Å². The maximum atomic E-state index is 12.7. The second-order valence-electron chi connectivity index (χ2n) is 6.49. The van der Waals surface area contributed by atoms with Crippen molar-refractivity contribution >= 4 is 12.0 Å². The van der Waals surface area contributed by atoms with Gasteiger partial charge in [0.25, 0.3) is 0 Å². The van der Waals surface area contributed by atoms with Crippen LogP contribution in [-0.2, 0) is 9.53 Å². The largest absolute Gasteiger partial charge is 0.493 e. The third-order valence-electron chi connectivity index (χ3n) is 4.67. The zero-order valence-corrected chi connectivity index (χ0v) is 15.8. The first-order chi connectivity index (χ1) is 13.4. The summed E-state index contributed by atoms with van der Waals surface area (Å²) in [7, 11) is 1.33. The molecule has 1 aromatic rings. The number of urea groups is 1. The molecule has 3 rings (SSSR count). The summed E-state index contributed by atoms with van der Waals surface area (Å²) in [6.45, 7) is 0.501. The van der Waals surface area contributed by atoms with Crippen molar-refractivity contribution in [1.82, 2.24) is 10.2 Å². The number of nitrogens with zero attached hydrogens (tertiary/aromatic N) is 1. The Bertz CT molecular complexity index is 808. The second kappa shape index (κ2) is 8.04. The van der Waals surface area contributed by atoms with Gasteiger partial charge < -0.3 is 19.5 Å². The molecule has 1 heterocycles. The number of allylic oxidation sites excluding steroid dienone is 1. The fraction of sp³-hybridized carbons (Fsp3) is 0.474. The van der Waals surface area contributed by atoms with Crippen LogP contribution in [0, 0.1) is 0 Å². The molecular formula is C19H22F2N2O5. The number of ether oxygens (including phenoxy) is 3. The molecule has 1 aliphatic carbocycles. The number of alkyl halides is 2. The molecule has 0 bridgehead atoms. The van der Waals surface area contributed by atoms with E-state index in [2.05, 4.69) is 10.1 Å². The standard InChI is InChI=1S/C19H22F2N2O5/c1-4-27-17(24)15-10(2)23(12-6-7-12)19(25)22-16(15)11-5-8-13(26-3)14(9-11)28-18(20)21/h5,8-9,12,16,18H,4,6-7H2,1-3H3,(H,22,25)/t16-/m0/s1. The third kappa shape index (κ3) is 3.88. The average Bonchev–Trinajstić information content (AvgIpc) is 3.45. The second-order valence-corrected chi connectivity index (χ2v) is 6.49. The van der Waals surface area contributed by atoms with Gasteiger partial charge >= 0.3 is 18.6 Å². The number of hydrogen-bond acceptors (Lipinski definition) is 5. The van der Waals surface area contributed by atoms with E-state index >= 15 is 0 Å². The molecule has 152 valence electrons. The zero-order valence-electron chi connectivity index (χ0n) is 15.8. The van der Waals surface area contributed by atoms with Crippen LogP contribution in [0.3, 0.4) is 0 Å². The molecule has 0 unspecified atom stereocenters. The fourth-order valence-electron chi connectivity index (χ4n) is 3.31. The number of amides is 2. The van der Waals surface area contributed by atoms with Crippen LogP contribution >= 0.6 is 0 Å². The fourth-order valence-corrected chi connectivity index (χ4v) is 3.31. The van der Waals surface area contributed by atoms with Crippen LogP contribution in [0.5, 0.6) is 11.5 Å². The molecule has 1 aromatic carbocycles. The Kier molecular flexibility index (Phi) is 5.71. The summed E-state index contributed by atoms with van der Waals surface area (Å²) in [5.74, 6) is -0.637. The Hall–Kier alpha value is -2.84. The van der Waals surface area contributed by atoms with Crippen LogP contribution in [0.2, 0.25) is 0 Å². The number of carbonyl (C=O) groups is 2. The van der Waals surface area contributed by atoms with Crippen LogP contribution < -0.4 is 14.8 Å². The molecule has 0 spiro atoms. The Morgan fingerprint density at radius 3 is 2.61 bits per heavy atom. The Labute approximate surface area is 161 Å². The Morgan fingerprint density at radius 2 is 2.04 bits per heavy atom. The Morgan fingerprint density at radius 1 is 1.32 bits per heavy atom. The van der Waals surface area contributed by atoms with Gasteiger partial charge in [0, 0.05) is 11.7 Å².